The number of amides is 1. The van der Waals surface area contributed by atoms with Crippen molar-refractivity contribution in [3.05, 3.63) is 52.7 Å². The third-order valence-corrected chi connectivity index (χ3v) is 5.33. The van der Waals surface area contributed by atoms with Crippen LogP contribution in [0.25, 0.3) is 0 Å². The SMILES string of the molecule is Cc1ccc(Nc2cc(C(C)C)c(C(=O)NCC3CCOCC3)cn2)cc1C#N. The summed E-state index contributed by atoms with van der Waals surface area (Å²) in [7, 11) is 0. The van der Waals surface area contributed by atoms with Crippen molar-refractivity contribution in [2.75, 3.05) is 25.1 Å². The molecule has 1 aromatic heterocycles. The molecule has 1 aliphatic rings. The van der Waals surface area contributed by atoms with E-state index in [0.717, 1.165) is 42.9 Å². The van der Waals surface area contributed by atoms with E-state index in [1.165, 1.54) is 0 Å². The first kappa shape index (κ1) is 20.8. The Labute approximate surface area is 172 Å². The van der Waals surface area contributed by atoms with Gasteiger partial charge < -0.3 is 15.4 Å². The van der Waals surface area contributed by atoms with Crippen LogP contribution in [0.1, 0.15) is 59.7 Å². The molecule has 0 bridgehead atoms. The Balaban J connectivity index is 1.74. The maximum atomic E-state index is 12.8. The van der Waals surface area contributed by atoms with Crippen molar-refractivity contribution in [3.63, 3.8) is 0 Å². The molecule has 1 aromatic carbocycles. The number of benzene rings is 1. The Morgan fingerprint density at radius 3 is 2.76 bits per heavy atom. The highest BCUT2D eigenvalue weighted by Gasteiger charge is 2.19. The van der Waals surface area contributed by atoms with Crippen LogP contribution in [0.4, 0.5) is 11.5 Å². The molecule has 0 radical (unpaired) electrons. The second kappa shape index (κ2) is 9.53. The number of nitriles is 1. The van der Waals surface area contributed by atoms with Crippen LogP contribution in [-0.4, -0.2) is 30.6 Å². The number of nitrogens with one attached hydrogen (secondary N) is 2. The number of ether oxygens (including phenoxy) is 1. The summed E-state index contributed by atoms with van der Waals surface area (Å²) in [6, 6.07) is 9.74. The molecule has 1 aliphatic heterocycles. The van der Waals surface area contributed by atoms with Crippen LogP contribution >= 0.6 is 0 Å². The topological polar surface area (TPSA) is 87.0 Å². The van der Waals surface area contributed by atoms with Crippen LogP contribution in [0.15, 0.2) is 30.5 Å². The van der Waals surface area contributed by atoms with Crippen LogP contribution in [0.5, 0.6) is 0 Å². The van der Waals surface area contributed by atoms with E-state index < -0.39 is 0 Å². The van der Waals surface area contributed by atoms with Crippen molar-refractivity contribution < 1.29 is 9.53 Å². The number of hydrogen-bond acceptors (Lipinski definition) is 5. The molecular formula is C23H28N4O2. The number of carbonyl (C=O) groups excluding carboxylic acids is 1. The molecule has 2 aromatic rings. The van der Waals surface area contributed by atoms with E-state index in [1.807, 2.05) is 25.1 Å². The van der Waals surface area contributed by atoms with Crippen LogP contribution in [0.2, 0.25) is 0 Å². The molecular weight excluding hydrogens is 364 g/mol. The molecule has 0 aliphatic carbocycles. The second-order valence-corrected chi connectivity index (χ2v) is 7.84. The van der Waals surface area contributed by atoms with Crippen molar-refractivity contribution in [1.29, 1.82) is 5.26 Å². The predicted molar refractivity (Wildman–Crippen MR) is 113 cm³/mol. The first-order valence-corrected chi connectivity index (χ1v) is 10.1. The lowest BCUT2D eigenvalue weighted by Gasteiger charge is -2.22. The Morgan fingerprint density at radius 2 is 2.07 bits per heavy atom. The Hall–Kier alpha value is -2.91. The number of aryl methyl sites for hydroxylation is 1. The molecule has 3 rings (SSSR count). The van der Waals surface area contributed by atoms with Gasteiger partial charge in [0, 0.05) is 31.6 Å². The van der Waals surface area contributed by atoms with Gasteiger partial charge in [0.25, 0.3) is 5.91 Å². The molecule has 0 unspecified atom stereocenters. The van der Waals surface area contributed by atoms with Gasteiger partial charge in [0.15, 0.2) is 0 Å². The summed E-state index contributed by atoms with van der Waals surface area (Å²) in [6.45, 7) is 8.24. The van der Waals surface area contributed by atoms with Gasteiger partial charge in [-0.1, -0.05) is 19.9 Å². The average Bonchev–Trinajstić information content (AvgIpc) is 2.74. The lowest BCUT2D eigenvalue weighted by Crippen LogP contribution is -2.32. The number of aromatic nitrogens is 1. The zero-order valence-electron chi connectivity index (χ0n) is 17.3. The quantitative estimate of drug-likeness (QED) is 0.766. The summed E-state index contributed by atoms with van der Waals surface area (Å²) >= 11 is 0. The van der Waals surface area contributed by atoms with Gasteiger partial charge >= 0.3 is 0 Å². The number of rotatable bonds is 6. The predicted octanol–water partition coefficient (Wildman–Crippen LogP) is 4.29. The minimum Gasteiger partial charge on any atom is -0.381 e. The first-order valence-electron chi connectivity index (χ1n) is 10.1. The third-order valence-electron chi connectivity index (χ3n) is 5.33. The normalized spacial score (nSPS) is 14.4. The highest BCUT2D eigenvalue weighted by Crippen LogP contribution is 2.25. The van der Waals surface area contributed by atoms with Crippen molar-refractivity contribution in [3.8, 4) is 6.07 Å². The number of anilines is 2. The van der Waals surface area contributed by atoms with E-state index in [-0.39, 0.29) is 11.8 Å². The zero-order chi connectivity index (χ0) is 20.8. The van der Waals surface area contributed by atoms with E-state index in [2.05, 4.69) is 35.5 Å². The van der Waals surface area contributed by atoms with Gasteiger partial charge in [-0.25, -0.2) is 4.98 Å². The summed E-state index contributed by atoms with van der Waals surface area (Å²) in [6.07, 6.45) is 3.61. The largest absolute Gasteiger partial charge is 0.381 e. The molecule has 6 heteroatoms. The summed E-state index contributed by atoms with van der Waals surface area (Å²) in [4.78, 5) is 17.2. The smallest absolute Gasteiger partial charge is 0.253 e. The van der Waals surface area contributed by atoms with Gasteiger partial charge in [0.1, 0.15) is 5.82 Å². The minimum absolute atomic E-state index is 0.0821. The fourth-order valence-corrected chi connectivity index (χ4v) is 3.46. The van der Waals surface area contributed by atoms with E-state index >= 15 is 0 Å². The number of pyridine rings is 1. The maximum Gasteiger partial charge on any atom is 0.253 e. The van der Waals surface area contributed by atoms with Crippen molar-refractivity contribution in [2.24, 2.45) is 5.92 Å². The molecule has 1 saturated heterocycles. The van der Waals surface area contributed by atoms with Gasteiger partial charge in [0.2, 0.25) is 0 Å². The van der Waals surface area contributed by atoms with E-state index in [1.54, 1.807) is 12.3 Å². The molecule has 1 fully saturated rings. The lowest BCUT2D eigenvalue weighted by molar-refractivity contribution is 0.0642. The van der Waals surface area contributed by atoms with E-state index in [9.17, 15) is 10.1 Å². The summed E-state index contributed by atoms with van der Waals surface area (Å²) in [5, 5.41) is 15.5. The average molecular weight is 393 g/mol. The number of carbonyl (C=O) groups is 1. The van der Waals surface area contributed by atoms with E-state index in [0.29, 0.717) is 29.4 Å². The summed E-state index contributed by atoms with van der Waals surface area (Å²) in [5.74, 6) is 1.22. The minimum atomic E-state index is -0.0821. The lowest BCUT2D eigenvalue weighted by atomic mass is 9.97. The molecule has 0 spiro atoms. The fraction of sp³-hybridized carbons (Fsp3) is 0.435. The van der Waals surface area contributed by atoms with Gasteiger partial charge in [-0.15, -0.1) is 0 Å². The van der Waals surface area contributed by atoms with Gasteiger partial charge in [-0.3, -0.25) is 4.79 Å². The standard InChI is InChI=1S/C23H28N4O2/c1-15(2)20-11-22(27-19-5-4-16(3)18(10-19)12-24)25-14-21(20)23(28)26-13-17-6-8-29-9-7-17/h4-5,10-11,14-15,17H,6-9,13H2,1-3H3,(H,25,27)(H,26,28). The number of hydrogen-bond donors (Lipinski definition) is 2. The molecule has 2 heterocycles. The first-order chi connectivity index (χ1) is 14.0. The Kier molecular flexibility index (Phi) is 6.84. The van der Waals surface area contributed by atoms with Crippen LogP contribution in [0.3, 0.4) is 0 Å². The molecule has 29 heavy (non-hydrogen) atoms. The molecule has 1 amide bonds. The molecule has 0 atom stereocenters. The van der Waals surface area contributed by atoms with Crippen molar-refractivity contribution in [1.82, 2.24) is 10.3 Å². The van der Waals surface area contributed by atoms with Gasteiger partial charge in [0.05, 0.1) is 17.2 Å². The summed E-state index contributed by atoms with van der Waals surface area (Å²) in [5.41, 5.74) is 3.92. The Morgan fingerprint density at radius 1 is 1.31 bits per heavy atom. The zero-order valence-corrected chi connectivity index (χ0v) is 17.3. The number of nitrogens with zero attached hydrogens (tertiary/aromatic N) is 2. The van der Waals surface area contributed by atoms with Gasteiger partial charge in [-0.05, 0) is 60.9 Å². The fourth-order valence-electron chi connectivity index (χ4n) is 3.46. The van der Waals surface area contributed by atoms with Crippen molar-refractivity contribution in [2.45, 2.75) is 39.5 Å². The van der Waals surface area contributed by atoms with Gasteiger partial charge in [-0.2, -0.15) is 5.26 Å². The highest BCUT2D eigenvalue weighted by molar-refractivity contribution is 5.96. The highest BCUT2D eigenvalue weighted by atomic mass is 16.5. The van der Waals surface area contributed by atoms with E-state index in [4.69, 9.17) is 4.74 Å². The Bertz CT molecular complexity index is 912. The third kappa shape index (κ3) is 5.33. The van der Waals surface area contributed by atoms with Crippen LogP contribution in [-0.2, 0) is 4.74 Å². The summed E-state index contributed by atoms with van der Waals surface area (Å²) < 4.78 is 5.38. The molecule has 2 N–H and O–H groups in total. The van der Waals surface area contributed by atoms with Crippen LogP contribution < -0.4 is 10.6 Å². The monoisotopic (exact) mass is 392 g/mol. The second-order valence-electron chi connectivity index (χ2n) is 7.84. The van der Waals surface area contributed by atoms with Crippen molar-refractivity contribution >= 4 is 17.4 Å². The van der Waals surface area contributed by atoms with Crippen LogP contribution in [0, 0.1) is 24.2 Å². The molecule has 152 valence electrons. The molecule has 6 nitrogen and oxygen atoms in total. The molecule has 0 saturated carbocycles. The maximum absolute atomic E-state index is 12.8.